The van der Waals surface area contributed by atoms with Crippen molar-refractivity contribution in [1.82, 2.24) is 9.88 Å². The minimum absolute atomic E-state index is 0.668. The molecule has 0 amide bonds. The van der Waals surface area contributed by atoms with Crippen LogP contribution in [0, 0.1) is 11.8 Å². The molecule has 0 unspecified atom stereocenters. The van der Waals surface area contributed by atoms with Crippen LogP contribution in [0.4, 0.5) is 0 Å². The van der Waals surface area contributed by atoms with Crippen LogP contribution in [0.3, 0.4) is 0 Å². The monoisotopic (exact) mass is 326 g/mol. The topological polar surface area (TPSA) is 37.5 Å². The number of methoxy groups -OCH3 is 2. The number of nitrogens with zero attached hydrogens (tertiary/aromatic N) is 1. The van der Waals surface area contributed by atoms with Gasteiger partial charge in [-0.2, -0.15) is 0 Å². The number of H-pyrrole nitrogens is 1. The van der Waals surface area contributed by atoms with Crippen LogP contribution in [0.15, 0.2) is 18.2 Å². The Morgan fingerprint density at radius 1 is 1.29 bits per heavy atom. The van der Waals surface area contributed by atoms with Crippen molar-refractivity contribution >= 4 is 10.9 Å². The molecule has 2 fully saturated rings. The summed E-state index contributed by atoms with van der Waals surface area (Å²) in [6, 6.07) is 7.16. The highest BCUT2D eigenvalue weighted by molar-refractivity contribution is 5.86. The van der Waals surface area contributed by atoms with E-state index >= 15 is 0 Å². The van der Waals surface area contributed by atoms with E-state index in [4.69, 9.17) is 9.47 Å². The molecule has 0 spiro atoms. The van der Waals surface area contributed by atoms with E-state index in [9.17, 15) is 0 Å². The summed E-state index contributed by atoms with van der Waals surface area (Å²) in [5.41, 5.74) is 4.32. The lowest BCUT2D eigenvalue weighted by Gasteiger charge is -2.31. The van der Waals surface area contributed by atoms with Crippen LogP contribution in [0.5, 0.6) is 5.75 Å². The van der Waals surface area contributed by atoms with Crippen molar-refractivity contribution in [3.05, 3.63) is 29.5 Å². The maximum Gasteiger partial charge on any atom is 0.119 e. The standard InChI is InChI=1S/C20H26N2O2/c1-23-8-6-14-12-9-17-19-15(5-7-22(11-12)20(14)17)16-10-13(24-2)3-4-18(16)21-19/h3-4,10,12,14,17,20-21H,5-9,11H2,1-2H3/t12-,14+,17+,20+/m1/s1. The molecular formula is C20H26N2O2. The van der Waals surface area contributed by atoms with Crippen LogP contribution in [0.1, 0.15) is 30.0 Å². The van der Waals surface area contributed by atoms with Gasteiger partial charge in [0.05, 0.1) is 7.11 Å². The van der Waals surface area contributed by atoms with Gasteiger partial charge in [-0.15, -0.1) is 0 Å². The summed E-state index contributed by atoms with van der Waals surface area (Å²) in [6.07, 6.45) is 3.70. The van der Waals surface area contributed by atoms with Gasteiger partial charge in [-0.3, -0.25) is 4.90 Å². The molecule has 1 aliphatic carbocycles. The predicted molar refractivity (Wildman–Crippen MR) is 94.7 cm³/mol. The lowest BCUT2D eigenvalue weighted by Crippen LogP contribution is -2.37. The first-order chi connectivity index (χ1) is 11.8. The number of aromatic amines is 1. The molecule has 3 aliphatic rings. The zero-order valence-electron chi connectivity index (χ0n) is 14.5. The van der Waals surface area contributed by atoms with Crippen molar-refractivity contribution < 1.29 is 9.47 Å². The second-order valence-electron chi connectivity index (χ2n) is 7.71. The molecule has 128 valence electrons. The molecule has 0 radical (unpaired) electrons. The van der Waals surface area contributed by atoms with Crippen LogP contribution >= 0.6 is 0 Å². The summed E-state index contributed by atoms with van der Waals surface area (Å²) in [5.74, 6) is 3.28. The number of hydrogen-bond donors (Lipinski definition) is 1. The van der Waals surface area contributed by atoms with E-state index < -0.39 is 0 Å². The maximum atomic E-state index is 5.45. The number of fused-ring (bicyclic) bond motifs is 5. The summed E-state index contributed by atoms with van der Waals surface area (Å²) >= 11 is 0. The predicted octanol–water partition coefficient (Wildman–Crippen LogP) is 3.17. The van der Waals surface area contributed by atoms with Crippen molar-refractivity contribution in [3.8, 4) is 5.75 Å². The summed E-state index contributed by atoms with van der Waals surface area (Å²) in [7, 11) is 3.58. The molecule has 1 saturated heterocycles. The second-order valence-corrected chi connectivity index (χ2v) is 7.71. The van der Waals surface area contributed by atoms with Gasteiger partial charge in [0.1, 0.15) is 5.75 Å². The Hall–Kier alpha value is -1.52. The van der Waals surface area contributed by atoms with Gasteiger partial charge in [0.2, 0.25) is 0 Å². The molecule has 2 aliphatic heterocycles. The number of nitrogens with one attached hydrogen (secondary N) is 1. The zero-order valence-corrected chi connectivity index (χ0v) is 14.5. The summed E-state index contributed by atoms with van der Waals surface area (Å²) < 4.78 is 10.8. The van der Waals surface area contributed by atoms with Gasteiger partial charge in [-0.05, 0) is 54.9 Å². The summed E-state index contributed by atoms with van der Waals surface area (Å²) in [5, 5.41) is 1.36. The third-order valence-corrected chi connectivity index (χ3v) is 6.73. The van der Waals surface area contributed by atoms with Crippen molar-refractivity contribution in [2.24, 2.45) is 11.8 Å². The molecule has 1 N–H and O–H groups in total. The molecule has 1 aromatic carbocycles. The Morgan fingerprint density at radius 3 is 3.04 bits per heavy atom. The largest absolute Gasteiger partial charge is 0.497 e. The normalized spacial score (nSPS) is 31.4. The second kappa shape index (κ2) is 5.50. The third kappa shape index (κ3) is 1.99. The van der Waals surface area contributed by atoms with E-state index in [1.165, 1.54) is 48.1 Å². The quantitative estimate of drug-likeness (QED) is 0.938. The number of aromatic nitrogens is 1. The molecule has 5 rings (SSSR count). The fraction of sp³-hybridized carbons (Fsp3) is 0.600. The Labute approximate surface area is 143 Å². The van der Waals surface area contributed by atoms with Crippen molar-refractivity contribution in [3.63, 3.8) is 0 Å². The van der Waals surface area contributed by atoms with Crippen LogP contribution < -0.4 is 4.74 Å². The van der Waals surface area contributed by atoms with E-state index in [1.54, 1.807) is 7.11 Å². The first-order valence-corrected chi connectivity index (χ1v) is 9.21. The lowest BCUT2D eigenvalue weighted by atomic mass is 9.92. The van der Waals surface area contributed by atoms with E-state index in [0.717, 1.165) is 30.6 Å². The smallest absolute Gasteiger partial charge is 0.119 e. The van der Waals surface area contributed by atoms with Gasteiger partial charge < -0.3 is 14.5 Å². The molecule has 4 heteroatoms. The molecule has 3 heterocycles. The highest BCUT2D eigenvalue weighted by atomic mass is 16.5. The van der Waals surface area contributed by atoms with Crippen molar-refractivity contribution in [2.75, 3.05) is 33.9 Å². The van der Waals surface area contributed by atoms with Gasteiger partial charge in [0, 0.05) is 55.4 Å². The maximum absolute atomic E-state index is 5.45. The van der Waals surface area contributed by atoms with Crippen LogP contribution in [-0.4, -0.2) is 49.8 Å². The third-order valence-electron chi connectivity index (χ3n) is 6.73. The molecule has 4 nitrogen and oxygen atoms in total. The van der Waals surface area contributed by atoms with E-state index in [1.807, 2.05) is 7.11 Å². The first kappa shape index (κ1) is 14.8. The van der Waals surface area contributed by atoms with Gasteiger partial charge in [0.15, 0.2) is 0 Å². The number of benzene rings is 1. The Balaban J connectivity index is 1.57. The van der Waals surface area contributed by atoms with Gasteiger partial charge in [-0.1, -0.05) is 0 Å². The van der Waals surface area contributed by atoms with Crippen LogP contribution in [-0.2, 0) is 11.2 Å². The average molecular weight is 326 g/mol. The molecule has 1 aromatic heterocycles. The molecule has 1 saturated carbocycles. The molecular weight excluding hydrogens is 300 g/mol. The summed E-state index contributed by atoms with van der Waals surface area (Å²) in [4.78, 5) is 6.55. The highest BCUT2D eigenvalue weighted by Gasteiger charge is 2.54. The minimum atomic E-state index is 0.668. The van der Waals surface area contributed by atoms with Crippen molar-refractivity contribution in [2.45, 2.75) is 31.2 Å². The molecule has 2 aromatic rings. The van der Waals surface area contributed by atoms with Gasteiger partial charge in [-0.25, -0.2) is 0 Å². The Morgan fingerprint density at radius 2 is 2.21 bits per heavy atom. The Bertz CT molecular complexity index is 768. The van der Waals surface area contributed by atoms with Crippen LogP contribution in [0.2, 0.25) is 0 Å². The number of piperidine rings is 1. The summed E-state index contributed by atoms with van der Waals surface area (Å²) in [6.45, 7) is 3.38. The zero-order chi connectivity index (χ0) is 16.3. The molecule has 2 bridgehead atoms. The van der Waals surface area contributed by atoms with Crippen molar-refractivity contribution in [1.29, 1.82) is 0 Å². The van der Waals surface area contributed by atoms with Gasteiger partial charge in [0.25, 0.3) is 0 Å². The highest BCUT2D eigenvalue weighted by Crippen LogP contribution is 2.54. The molecule has 4 atom stereocenters. The van der Waals surface area contributed by atoms with E-state index in [-0.39, 0.29) is 0 Å². The Kier molecular flexibility index (Phi) is 3.39. The number of rotatable bonds is 4. The van der Waals surface area contributed by atoms with Crippen LogP contribution in [0.25, 0.3) is 10.9 Å². The first-order valence-electron chi connectivity index (χ1n) is 9.21. The fourth-order valence-electron chi connectivity index (χ4n) is 5.78. The lowest BCUT2D eigenvalue weighted by molar-refractivity contribution is 0.157. The number of ether oxygens (including phenoxy) is 2. The minimum Gasteiger partial charge on any atom is -0.497 e. The average Bonchev–Trinajstić information content (AvgIpc) is 3.24. The van der Waals surface area contributed by atoms with E-state index in [0.29, 0.717) is 12.0 Å². The van der Waals surface area contributed by atoms with E-state index in [2.05, 4.69) is 28.1 Å². The fourth-order valence-corrected chi connectivity index (χ4v) is 5.78. The molecule has 24 heavy (non-hydrogen) atoms. The number of hydrogen-bond acceptors (Lipinski definition) is 3. The van der Waals surface area contributed by atoms with Gasteiger partial charge >= 0.3 is 0 Å². The SMILES string of the molecule is COCC[C@H]1[C@@H]2C[C@H]3c4[nH]c5ccc(OC)cc5c4CCN(C2)[C@@H]13.